The number of benzene rings is 1. The fourth-order valence-electron chi connectivity index (χ4n) is 4.56. The van der Waals surface area contributed by atoms with Gasteiger partial charge in [0.05, 0.1) is 25.2 Å². The minimum absolute atomic E-state index is 0.0359. The number of carbonyl (C=O) groups excluding carboxylic acids is 1. The van der Waals surface area contributed by atoms with Crippen molar-refractivity contribution in [3.8, 4) is 6.07 Å². The van der Waals surface area contributed by atoms with Crippen LogP contribution in [0.2, 0.25) is 0 Å². The number of hydrogen-bond donors (Lipinski definition) is 1. The van der Waals surface area contributed by atoms with E-state index in [2.05, 4.69) is 40.1 Å². The van der Waals surface area contributed by atoms with Crippen molar-refractivity contribution in [2.75, 3.05) is 44.2 Å². The second-order valence-corrected chi connectivity index (χ2v) is 8.07. The Balaban J connectivity index is 1.37. The van der Waals surface area contributed by atoms with Gasteiger partial charge in [0.2, 0.25) is 5.91 Å². The smallest absolute Gasteiger partial charge is 0.262 e. The van der Waals surface area contributed by atoms with Crippen LogP contribution in [-0.2, 0) is 4.79 Å². The first-order chi connectivity index (χ1) is 13.4. The topological polar surface area (TPSA) is 76.6 Å². The van der Waals surface area contributed by atoms with Crippen LogP contribution in [0.15, 0.2) is 24.3 Å². The van der Waals surface area contributed by atoms with Crippen molar-refractivity contribution in [3.05, 3.63) is 29.8 Å². The number of halogens is 2. The summed E-state index contributed by atoms with van der Waals surface area (Å²) < 4.78 is 27.6. The molecule has 8 heteroatoms. The minimum Gasteiger partial charge on any atom is -0.369 e. The zero-order chi connectivity index (χ0) is 19.9. The molecule has 2 N–H and O–H groups in total. The highest BCUT2D eigenvalue weighted by atomic mass is 19.3. The lowest BCUT2D eigenvalue weighted by Crippen LogP contribution is -2.46. The Morgan fingerprint density at radius 2 is 1.89 bits per heavy atom. The number of nitrogens with zero attached hydrogens (tertiary/aromatic N) is 4. The summed E-state index contributed by atoms with van der Waals surface area (Å²) in [6.45, 7) is 3.60. The number of likely N-dealkylation sites (tertiary alicyclic amines) is 1. The molecule has 0 radical (unpaired) electrons. The molecule has 150 valence electrons. The summed E-state index contributed by atoms with van der Waals surface area (Å²) in [5.74, 6) is -3.32. The maximum atomic E-state index is 13.8. The molecule has 1 aromatic rings. The molecule has 3 atom stereocenters. The summed E-state index contributed by atoms with van der Waals surface area (Å²) in [5.41, 5.74) is 7.61. The second-order valence-electron chi connectivity index (χ2n) is 8.07. The third kappa shape index (κ3) is 3.82. The van der Waals surface area contributed by atoms with Crippen molar-refractivity contribution in [2.24, 2.45) is 5.73 Å². The van der Waals surface area contributed by atoms with Crippen LogP contribution in [0.1, 0.15) is 24.3 Å². The Kier molecular flexibility index (Phi) is 4.98. The van der Waals surface area contributed by atoms with Crippen LogP contribution in [0.3, 0.4) is 0 Å². The van der Waals surface area contributed by atoms with Gasteiger partial charge in [-0.15, -0.1) is 0 Å². The average molecular weight is 389 g/mol. The van der Waals surface area contributed by atoms with Crippen LogP contribution >= 0.6 is 0 Å². The van der Waals surface area contributed by atoms with Crippen LogP contribution in [0.25, 0.3) is 0 Å². The van der Waals surface area contributed by atoms with E-state index in [1.54, 1.807) is 4.90 Å². The molecule has 4 rings (SSSR count). The molecular formula is C20H25F2N5O. The van der Waals surface area contributed by atoms with Gasteiger partial charge in [0.1, 0.15) is 0 Å². The fraction of sp³-hybridized carbons (Fsp3) is 0.600. The predicted octanol–water partition coefficient (Wildman–Crippen LogP) is 1.38. The molecule has 28 heavy (non-hydrogen) atoms. The van der Waals surface area contributed by atoms with E-state index >= 15 is 0 Å². The van der Waals surface area contributed by atoms with Gasteiger partial charge in [0.25, 0.3) is 5.92 Å². The Hall–Kier alpha value is -2.24. The van der Waals surface area contributed by atoms with Gasteiger partial charge in [-0.1, -0.05) is 12.1 Å². The summed E-state index contributed by atoms with van der Waals surface area (Å²) in [4.78, 5) is 17.6. The summed E-state index contributed by atoms with van der Waals surface area (Å²) in [5, 5.41) is 8.79. The number of rotatable bonds is 5. The fourth-order valence-corrected chi connectivity index (χ4v) is 4.56. The maximum Gasteiger partial charge on any atom is 0.262 e. The lowest BCUT2D eigenvalue weighted by atomic mass is 10.1. The average Bonchev–Trinajstić information content (AvgIpc) is 3.39. The molecule has 2 saturated heterocycles. The first-order valence-corrected chi connectivity index (χ1v) is 9.75. The normalized spacial score (nSPS) is 30.2. The number of nitrogens with two attached hydrogens (primary N) is 1. The molecule has 3 aliphatic rings. The van der Waals surface area contributed by atoms with Gasteiger partial charge in [-0.05, 0) is 24.1 Å². The lowest BCUT2D eigenvalue weighted by Gasteiger charge is -2.35. The van der Waals surface area contributed by atoms with E-state index < -0.39 is 24.3 Å². The van der Waals surface area contributed by atoms with Crippen molar-refractivity contribution in [1.82, 2.24) is 9.80 Å². The molecule has 6 nitrogen and oxygen atoms in total. The quantitative estimate of drug-likeness (QED) is 0.770. The number of hydrogen-bond acceptors (Lipinski definition) is 5. The summed E-state index contributed by atoms with van der Waals surface area (Å²) >= 11 is 0. The Morgan fingerprint density at radius 3 is 2.50 bits per heavy atom. The molecule has 0 bridgehead atoms. The van der Waals surface area contributed by atoms with Crippen molar-refractivity contribution in [2.45, 2.75) is 36.8 Å². The molecule has 2 aliphatic heterocycles. The van der Waals surface area contributed by atoms with Crippen molar-refractivity contribution >= 4 is 11.6 Å². The van der Waals surface area contributed by atoms with Gasteiger partial charge in [-0.3, -0.25) is 14.6 Å². The summed E-state index contributed by atoms with van der Waals surface area (Å²) in [7, 11) is 0. The van der Waals surface area contributed by atoms with Crippen LogP contribution < -0.4 is 10.6 Å². The van der Waals surface area contributed by atoms with Gasteiger partial charge >= 0.3 is 0 Å². The van der Waals surface area contributed by atoms with E-state index in [4.69, 9.17) is 11.0 Å². The number of anilines is 1. The summed E-state index contributed by atoms with van der Waals surface area (Å²) in [6, 6.07) is 9.57. The Morgan fingerprint density at radius 1 is 1.21 bits per heavy atom. The molecule has 1 aliphatic carbocycles. The number of amides is 1. The van der Waals surface area contributed by atoms with Gasteiger partial charge in [-0.25, -0.2) is 8.78 Å². The largest absolute Gasteiger partial charge is 0.369 e. The number of alkyl halides is 2. The van der Waals surface area contributed by atoms with E-state index in [0.717, 1.165) is 43.9 Å². The zero-order valence-corrected chi connectivity index (χ0v) is 15.7. The highest BCUT2D eigenvalue weighted by Crippen LogP contribution is 2.49. The molecule has 1 amide bonds. The van der Waals surface area contributed by atoms with Crippen molar-refractivity contribution in [1.29, 1.82) is 5.26 Å². The molecule has 0 spiro atoms. The number of carbonyl (C=O) groups is 1. The number of primary amides is 1. The Bertz CT molecular complexity index is 770. The predicted molar refractivity (Wildman–Crippen MR) is 101 cm³/mol. The van der Waals surface area contributed by atoms with Crippen molar-refractivity contribution in [3.63, 3.8) is 0 Å². The van der Waals surface area contributed by atoms with Crippen molar-refractivity contribution < 1.29 is 13.6 Å². The van der Waals surface area contributed by atoms with E-state index in [9.17, 15) is 13.6 Å². The SMILES string of the molecule is N#CCN1CCN(c2ccc(C3CC3N3CC(F)(F)C[C@H]3C(N)=O)cc2)CC1. The molecule has 3 fully saturated rings. The highest BCUT2D eigenvalue weighted by molar-refractivity contribution is 5.80. The molecule has 1 aromatic carbocycles. The van der Waals surface area contributed by atoms with Crippen LogP contribution in [0.5, 0.6) is 0 Å². The molecule has 2 unspecified atom stereocenters. The third-order valence-electron chi connectivity index (χ3n) is 6.17. The molecule has 0 aromatic heterocycles. The molecule has 2 heterocycles. The van der Waals surface area contributed by atoms with Gasteiger partial charge < -0.3 is 10.6 Å². The molecule has 1 saturated carbocycles. The maximum absolute atomic E-state index is 13.8. The van der Waals surface area contributed by atoms with Crippen LogP contribution in [0.4, 0.5) is 14.5 Å². The Labute approximate surface area is 163 Å². The second kappa shape index (κ2) is 7.30. The minimum atomic E-state index is -2.84. The van der Waals surface area contributed by atoms with E-state index in [1.165, 1.54) is 0 Å². The first-order valence-electron chi connectivity index (χ1n) is 9.75. The van der Waals surface area contributed by atoms with Gasteiger partial charge in [0.15, 0.2) is 0 Å². The zero-order valence-electron chi connectivity index (χ0n) is 15.7. The van der Waals surface area contributed by atoms with E-state index in [-0.39, 0.29) is 18.5 Å². The number of nitriles is 1. The standard InChI is InChI=1S/C20H25F2N5O/c21-20(22)12-18(19(24)28)27(13-20)17-11-16(17)14-1-3-15(4-2-14)26-9-7-25(6-5-23)8-10-26/h1-4,16-18H,6-13H2,(H2,24,28)/t16?,17?,18-/m0/s1. The molecular weight excluding hydrogens is 364 g/mol. The van der Waals surface area contributed by atoms with Gasteiger partial charge in [-0.2, -0.15) is 5.26 Å². The van der Waals surface area contributed by atoms with Crippen LogP contribution in [0, 0.1) is 11.3 Å². The third-order valence-corrected chi connectivity index (χ3v) is 6.17. The van der Waals surface area contributed by atoms with Crippen LogP contribution in [-0.4, -0.2) is 73.0 Å². The van der Waals surface area contributed by atoms with Gasteiger partial charge in [0, 0.05) is 50.2 Å². The number of piperazine rings is 1. The van der Waals surface area contributed by atoms with E-state index in [1.807, 2.05) is 0 Å². The first kappa shape index (κ1) is 19.1. The monoisotopic (exact) mass is 389 g/mol. The lowest BCUT2D eigenvalue weighted by molar-refractivity contribution is -0.122. The van der Waals surface area contributed by atoms with E-state index in [0.29, 0.717) is 6.54 Å². The highest BCUT2D eigenvalue weighted by Gasteiger charge is 2.55. The summed E-state index contributed by atoms with van der Waals surface area (Å²) in [6.07, 6.45) is 0.314.